The van der Waals surface area contributed by atoms with Crippen molar-refractivity contribution in [3.05, 3.63) is 97.8 Å². The molecule has 3 aromatic carbocycles. The molecule has 3 amide bonds. The number of rotatable bonds is 7. The monoisotopic (exact) mass is 592 g/mol. The molecule has 6 nitrogen and oxygen atoms in total. The lowest BCUT2D eigenvalue weighted by atomic mass is 10.1. The highest BCUT2D eigenvalue weighted by Crippen LogP contribution is 2.35. The van der Waals surface area contributed by atoms with Gasteiger partial charge in [0.05, 0.1) is 9.93 Å². The molecular formula is C25H16BrClF2N2O4S. The van der Waals surface area contributed by atoms with Gasteiger partial charge in [0.25, 0.3) is 11.1 Å². The van der Waals surface area contributed by atoms with Gasteiger partial charge in [-0.3, -0.25) is 19.3 Å². The number of imide groups is 1. The molecule has 4 rings (SSSR count). The molecule has 0 spiro atoms. The van der Waals surface area contributed by atoms with Crippen LogP contribution in [0.25, 0.3) is 6.08 Å². The van der Waals surface area contributed by atoms with Crippen LogP contribution in [0.5, 0.6) is 5.75 Å². The van der Waals surface area contributed by atoms with Crippen molar-refractivity contribution in [1.82, 2.24) is 4.90 Å². The summed E-state index contributed by atoms with van der Waals surface area (Å²) in [5.41, 5.74) is 1.51. The summed E-state index contributed by atoms with van der Waals surface area (Å²) in [7, 11) is 0. The molecule has 1 aliphatic rings. The van der Waals surface area contributed by atoms with Crippen molar-refractivity contribution < 1.29 is 27.9 Å². The molecule has 1 heterocycles. The number of halogens is 4. The molecule has 0 saturated carbocycles. The molecular weight excluding hydrogens is 578 g/mol. The second-order valence-corrected chi connectivity index (χ2v) is 9.86. The molecule has 1 fully saturated rings. The van der Waals surface area contributed by atoms with Crippen LogP contribution < -0.4 is 10.1 Å². The maximum atomic E-state index is 13.3. The molecule has 3 aromatic rings. The average Bonchev–Trinajstić information content (AvgIpc) is 3.09. The van der Waals surface area contributed by atoms with E-state index in [4.69, 9.17) is 16.3 Å². The molecule has 36 heavy (non-hydrogen) atoms. The van der Waals surface area contributed by atoms with Crippen molar-refractivity contribution in [2.24, 2.45) is 0 Å². The topological polar surface area (TPSA) is 75.7 Å². The van der Waals surface area contributed by atoms with Crippen LogP contribution in [0.1, 0.15) is 11.1 Å². The predicted molar refractivity (Wildman–Crippen MR) is 138 cm³/mol. The molecule has 11 heteroatoms. The summed E-state index contributed by atoms with van der Waals surface area (Å²) in [5, 5.41) is 1.70. The van der Waals surface area contributed by atoms with Crippen LogP contribution >= 0.6 is 39.3 Å². The van der Waals surface area contributed by atoms with E-state index in [0.29, 0.717) is 23.1 Å². The molecule has 0 unspecified atom stereocenters. The Hall–Kier alpha value is -3.21. The zero-order valence-electron chi connectivity index (χ0n) is 18.3. The first kappa shape index (κ1) is 25.9. The van der Waals surface area contributed by atoms with E-state index >= 15 is 0 Å². The lowest BCUT2D eigenvalue weighted by Gasteiger charge is -2.13. The van der Waals surface area contributed by atoms with Gasteiger partial charge < -0.3 is 10.1 Å². The van der Waals surface area contributed by atoms with Gasteiger partial charge in [0.15, 0.2) is 0 Å². The van der Waals surface area contributed by atoms with Gasteiger partial charge in [-0.2, -0.15) is 0 Å². The predicted octanol–water partition coefficient (Wildman–Crippen LogP) is 6.63. The maximum Gasteiger partial charge on any atom is 0.294 e. The van der Waals surface area contributed by atoms with E-state index in [1.807, 2.05) is 0 Å². The molecule has 0 aliphatic carbocycles. The van der Waals surface area contributed by atoms with Crippen molar-refractivity contribution >= 4 is 68.1 Å². The van der Waals surface area contributed by atoms with Gasteiger partial charge in [0, 0.05) is 15.7 Å². The zero-order chi connectivity index (χ0) is 25.8. The number of hydrogen-bond acceptors (Lipinski definition) is 5. The first-order chi connectivity index (χ1) is 17.2. The molecule has 0 bridgehead atoms. The van der Waals surface area contributed by atoms with E-state index in [1.54, 1.807) is 30.3 Å². The number of anilines is 1. The Kier molecular flexibility index (Phi) is 8.07. The second kappa shape index (κ2) is 11.2. The number of ether oxygens (including phenoxy) is 1. The Balaban J connectivity index is 1.47. The molecule has 0 aromatic heterocycles. The number of hydrogen-bond donors (Lipinski definition) is 1. The van der Waals surface area contributed by atoms with Crippen LogP contribution in [0.3, 0.4) is 0 Å². The summed E-state index contributed by atoms with van der Waals surface area (Å²) in [6.07, 6.45) is 1.51. The Morgan fingerprint density at radius 2 is 1.83 bits per heavy atom. The number of thioether (sulfide) groups is 1. The van der Waals surface area contributed by atoms with Crippen LogP contribution in [0, 0.1) is 11.6 Å². The highest BCUT2D eigenvalue weighted by atomic mass is 79.9. The first-order valence-corrected chi connectivity index (χ1v) is 12.4. The highest BCUT2D eigenvalue weighted by Gasteiger charge is 2.36. The summed E-state index contributed by atoms with van der Waals surface area (Å²) < 4.78 is 33.0. The third kappa shape index (κ3) is 6.31. The number of carbonyl (C=O) groups excluding carboxylic acids is 3. The number of nitrogens with zero attached hydrogens (tertiary/aromatic N) is 1. The number of amides is 3. The number of benzene rings is 3. The summed E-state index contributed by atoms with van der Waals surface area (Å²) >= 11 is 9.79. The van der Waals surface area contributed by atoms with Crippen LogP contribution in [0.4, 0.5) is 19.3 Å². The average molecular weight is 594 g/mol. The van der Waals surface area contributed by atoms with Crippen molar-refractivity contribution in [1.29, 1.82) is 0 Å². The minimum atomic E-state index is -0.646. The van der Waals surface area contributed by atoms with Gasteiger partial charge in [-0.1, -0.05) is 39.7 Å². The summed E-state index contributed by atoms with van der Waals surface area (Å²) in [4.78, 5) is 38.7. The van der Waals surface area contributed by atoms with E-state index in [1.165, 1.54) is 30.3 Å². The van der Waals surface area contributed by atoms with Gasteiger partial charge in [-0.05, 0) is 71.9 Å². The third-order valence-corrected chi connectivity index (χ3v) is 6.63. The Labute approximate surface area is 222 Å². The van der Waals surface area contributed by atoms with Crippen molar-refractivity contribution in [2.75, 3.05) is 11.9 Å². The Morgan fingerprint density at radius 3 is 2.56 bits per heavy atom. The zero-order valence-corrected chi connectivity index (χ0v) is 21.4. The fraction of sp³-hybridized carbons (Fsp3) is 0.0800. The van der Waals surface area contributed by atoms with Crippen molar-refractivity contribution in [3.63, 3.8) is 0 Å². The van der Waals surface area contributed by atoms with E-state index in [2.05, 4.69) is 21.2 Å². The Morgan fingerprint density at radius 1 is 1.08 bits per heavy atom. The van der Waals surface area contributed by atoms with Crippen LogP contribution in [0.2, 0.25) is 5.02 Å². The SMILES string of the molecule is O=C(CN1C(=O)S/C(=C\c2cc(Br)ccc2OCc2ccc(F)cc2)C1=O)Nc1ccc(F)c(Cl)c1. The van der Waals surface area contributed by atoms with Gasteiger partial charge >= 0.3 is 0 Å². The quantitative estimate of drug-likeness (QED) is 0.311. The lowest BCUT2D eigenvalue weighted by molar-refractivity contribution is -0.127. The third-order valence-electron chi connectivity index (χ3n) is 4.94. The summed E-state index contributed by atoms with van der Waals surface area (Å²) in [5.74, 6) is -1.83. The van der Waals surface area contributed by atoms with Crippen LogP contribution in [0.15, 0.2) is 70.0 Å². The molecule has 1 N–H and O–H groups in total. The molecule has 184 valence electrons. The van der Waals surface area contributed by atoms with Crippen LogP contribution in [-0.2, 0) is 16.2 Å². The van der Waals surface area contributed by atoms with Crippen molar-refractivity contribution in [3.8, 4) is 5.75 Å². The fourth-order valence-corrected chi connectivity index (χ4v) is 4.59. The Bertz CT molecular complexity index is 1380. The van der Waals surface area contributed by atoms with E-state index in [-0.39, 0.29) is 28.0 Å². The van der Waals surface area contributed by atoms with Gasteiger partial charge in [0.1, 0.15) is 30.5 Å². The van der Waals surface area contributed by atoms with Gasteiger partial charge in [-0.15, -0.1) is 0 Å². The molecule has 0 atom stereocenters. The first-order valence-electron chi connectivity index (χ1n) is 10.4. The fourth-order valence-electron chi connectivity index (χ4n) is 3.20. The number of carbonyl (C=O) groups is 3. The minimum absolute atomic E-state index is 0.113. The van der Waals surface area contributed by atoms with Gasteiger partial charge in [0.2, 0.25) is 5.91 Å². The maximum absolute atomic E-state index is 13.3. The molecule has 1 saturated heterocycles. The summed E-state index contributed by atoms with van der Waals surface area (Å²) in [6.45, 7) is -0.360. The van der Waals surface area contributed by atoms with E-state index in [9.17, 15) is 23.2 Å². The van der Waals surface area contributed by atoms with Crippen LogP contribution in [-0.4, -0.2) is 28.5 Å². The van der Waals surface area contributed by atoms with E-state index in [0.717, 1.165) is 21.0 Å². The van der Waals surface area contributed by atoms with Crippen molar-refractivity contribution in [2.45, 2.75) is 6.61 Å². The molecule has 1 aliphatic heterocycles. The second-order valence-electron chi connectivity index (χ2n) is 7.54. The minimum Gasteiger partial charge on any atom is -0.488 e. The standard InChI is InChI=1S/C25H16BrClF2N2O4S/c26-16-3-8-21(35-13-14-1-4-17(28)5-2-14)15(9-16)10-22-24(33)31(25(34)36-22)12-23(32)30-18-6-7-20(29)19(27)11-18/h1-11H,12-13H2,(H,30,32)/b22-10-. The number of nitrogens with one attached hydrogen (secondary N) is 1. The largest absolute Gasteiger partial charge is 0.488 e. The van der Waals surface area contributed by atoms with Gasteiger partial charge in [-0.25, -0.2) is 8.78 Å². The summed E-state index contributed by atoms with van der Waals surface area (Å²) in [6, 6.07) is 14.7. The highest BCUT2D eigenvalue weighted by molar-refractivity contribution is 9.10. The smallest absolute Gasteiger partial charge is 0.294 e. The van der Waals surface area contributed by atoms with E-state index < -0.39 is 29.4 Å². The normalized spacial score (nSPS) is 14.4. The molecule has 0 radical (unpaired) electrons. The lowest BCUT2D eigenvalue weighted by Crippen LogP contribution is -2.36.